The van der Waals surface area contributed by atoms with Crippen LogP contribution in [0.3, 0.4) is 0 Å². The Morgan fingerprint density at radius 2 is 1.82 bits per heavy atom. The van der Waals surface area contributed by atoms with Crippen LogP contribution in [0.15, 0.2) is 30.3 Å². The van der Waals surface area contributed by atoms with Crippen LogP contribution in [0.25, 0.3) is 0 Å². The van der Waals surface area contributed by atoms with Crippen LogP contribution in [0, 0.1) is 5.92 Å². The summed E-state index contributed by atoms with van der Waals surface area (Å²) in [5.41, 5.74) is 1.36. The van der Waals surface area contributed by atoms with Gasteiger partial charge in [-0.3, -0.25) is 0 Å². The van der Waals surface area contributed by atoms with Crippen molar-refractivity contribution in [3.8, 4) is 0 Å². The fraction of sp³-hybridized carbons (Fsp3) is 0.562. The maximum atomic E-state index is 11.5. The molecule has 0 heterocycles. The minimum absolute atomic E-state index is 0.324. The summed E-state index contributed by atoms with van der Waals surface area (Å²) in [7, 11) is 0. The predicted molar refractivity (Wildman–Crippen MR) is 71.1 cm³/mol. The number of carbonyl (C=O) groups excluding carboxylic acids is 1. The number of benzene rings is 1. The van der Waals surface area contributed by atoms with Gasteiger partial charge in [0.1, 0.15) is 5.78 Å². The van der Waals surface area contributed by atoms with Gasteiger partial charge in [0.15, 0.2) is 0 Å². The lowest BCUT2D eigenvalue weighted by Gasteiger charge is -2.30. The first-order valence-corrected chi connectivity index (χ1v) is 6.82. The van der Waals surface area contributed by atoms with Gasteiger partial charge in [-0.2, -0.15) is 0 Å². The third-order valence-corrected chi connectivity index (χ3v) is 3.95. The largest absolute Gasteiger partial charge is 0.300 e. The van der Waals surface area contributed by atoms with Crippen LogP contribution in [-0.4, -0.2) is 5.78 Å². The number of rotatable bonds is 4. The van der Waals surface area contributed by atoms with Crippen LogP contribution in [0.5, 0.6) is 0 Å². The van der Waals surface area contributed by atoms with Crippen molar-refractivity contribution in [1.82, 2.24) is 0 Å². The summed E-state index contributed by atoms with van der Waals surface area (Å²) in [6.07, 6.45) is 7.37. The second-order valence-electron chi connectivity index (χ2n) is 5.32. The number of Topliss-reactive ketones (excluding diaryl/α,β-unsaturated/α-hetero) is 1. The second kappa shape index (κ2) is 6.00. The van der Waals surface area contributed by atoms with E-state index in [0.29, 0.717) is 18.1 Å². The lowest BCUT2D eigenvalue weighted by molar-refractivity contribution is -0.117. The van der Waals surface area contributed by atoms with Gasteiger partial charge < -0.3 is 4.79 Å². The molecular formula is C16H22O. The van der Waals surface area contributed by atoms with Gasteiger partial charge in [-0.1, -0.05) is 49.6 Å². The summed E-state index contributed by atoms with van der Waals surface area (Å²) in [5, 5.41) is 0. The summed E-state index contributed by atoms with van der Waals surface area (Å²) >= 11 is 0. The highest BCUT2D eigenvalue weighted by Gasteiger charge is 2.25. The lowest BCUT2D eigenvalue weighted by Crippen LogP contribution is -2.18. The Kier molecular flexibility index (Phi) is 4.36. The Hall–Kier alpha value is -1.11. The van der Waals surface area contributed by atoms with Crippen LogP contribution in [0.2, 0.25) is 0 Å². The highest BCUT2D eigenvalue weighted by atomic mass is 16.1. The summed E-state index contributed by atoms with van der Waals surface area (Å²) in [4.78, 5) is 11.5. The summed E-state index contributed by atoms with van der Waals surface area (Å²) < 4.78 is 0. The Labute approximate surface area is 104 Å². The zero-order chi connectivity index (χ0) is 12.1. The molecular weight excluding hydrogens is 208 g/mol. The first-order chi connectivity index (χ1) is 8.27. The quantitative estimate of drug-likeness (QED) is 0.752. The zero-order valence-corrected chi connectivity index (χ0v) is 10.7. The van der Waals surface area contributed by atoms with E-state index in [9.17, 15) is 4.79 Å². The van der Waals surface area contributed by atoms with E-state index >= 15 is 0 Å². The van der Waals surface area contributed by atoms with Gasteiger partial charge in [0, 0.05) is 6.42 Å². The second-order valence-corrected chi connectivity index (χ2v) is 5.32. The smallest absolute Gasteiger partial charge is 0.130 e. The SMILES string of the molecule is CC(=O)C[C@@H](c1ccccc1)C1CCCCC1. The molecule has 1 aromatic rings. The first kappa shape index (κ1) is 12.3. The van der Waals surface area contributed by atoms with E-state index in [-0.39, 0.29) is 0 Å². The predicted octanol–water partition coefficient (Wildman–Crippen LogP) is 4.33. The summed E-state index contributed by atoms with van der Waals surface area (Å²) in [6, 6.07) is 10.6. The van der Waals surface area contributed by atoms with Gasteiger partial charge in [0.2, 0.25) is 0 Å². The van der Waals surface area contributed by atoms with Crippen LogP contribution in [-0.2, 0) is 4.79 Å². The minimum Gasteiger partial charge on any atom is -0.300 e. The average molecular weight is 230 g/mol. The highest BCUT2D eigenvalue weighted by Crippen LogP contribution is 2.38. The lowest BCUT2D eigenvalue weighted by atomic mass is 9.75. The van der Waals surface area contributed by atoms with Crippen molar-refractivity contribution >= 4 is 5.78 Å². The third-order valence-electron chi connectivity index (χ3n) is 3.95. The number of ketones is 1. The molecule has 1 aromatic carbocycles. The number of carbonyl (C=O) groups is 1. The van der Waals surface area contributed by atoms with E-state index in [1.807, 2.05) is 0 Å². The Morgan fingerprint density at radius 3 is 2.41 bits per heavy atom. The van der Waals surface area contributed by atoms with Gasteiger partial charge >= 0.3 is 0 Å². The summed E-state index contributed by atoms with van der Waals surface area (Å²) in [6.45, 7) is 1.72. The van der Waals surface area contributed by atoms with Gasteiger partial charge in [0.25, 0.3) is 0 Å². The van der Waals surface area contributed by atoms with Crippen molar-refractivity contribution in [2.24, 2.45) is 5.92 Å². The molecule has 0 aliphatic heterocycles. The van der Waals surface area contributed by atoms with Crippen molar-refractivity contribution in [2.75, 3.05) is 0 Å². The Balaban J connectivity index is 2.15. The molecule has 0 N–H and O–H groups in total. The first-order valence-electron chi connectivity index (χ1n) is 6.82. The van der Waals surface area contributed by atoms with E-state index in [1.54, 1.807) is 6.92 Å². The Bertz CT molecular complexity index is 349. The van der Waals surface area contributed by atoms with E-state index in [0.717, 1.165) is 5.92 Å². The molecule has 0 spiro atoms. The molecule has 1 saturated carbocycles. The molecule has 1 heteroatoms. The van der Waals surface area contributed by atoms with Gasteiger partial charge in [0.05, 0.1) is 0 Å². The molecule has 0 unspecified atom stereocenters. The summed E-state index contributed by atoms with van der Waals surface area (Å²) in [5.74, 6) is 1.49. The number of hydrogen-bond donors (Lipinski definition) is 0. The molecule has 0 bridgehead atoms. The highest BCUT2D eigenvalue weighted by molar-refractivity contribution is 5.76. The van der Waals surface area contributed by atoms with Crippen LogP contribution < -0.4 is 0 Å². The van der Waals surface area contributed by atoms with E-state index < -0.39 is 0 Å². The fourth-order valence-corrected chi connectivity index (χ4v) is 3.10. The standard InChI is InChI=1S/C16H22O/c1-13(17)12-16(14-8-4-2-5-9-14)15-10-6-3-7-11-15/h2,4-5,8-9,15-16H,3,6-7,10-12H2,1H3/t16-/m0/s1. The molecule has 1 aliphatic carbocycles. The average Bonchev–Trinajstić information content (AvgIpc) is 2.38. The third kappa shape index (κ3) is 3.42. The van der Waals surface area contributed by atoms with Gasteiger partial charge in [-0.05, 0) is 37.2 Å². The normalized spacial score (nSPS) is 18.9. The molecule has 1 aliphatic rings. The van der Waals surface area contributed by atoms with E-state index in [2.05, 4.69) is 30.3 Å². The van der Waals surface area contributed by atoms with Crippen molar-refractivity contribution in [3.05, 3.63) is 35.9 Å². The van der Waals surface area contributed by atoms with Crippen molar-refractivity contribution < 1.29 is 4.79 Å². The molecule has 0 aromatic heterocycles. The minimum atomic E-state index is 0.324. The molecule has 92 valence electrons. The van der Waals surface area contributed by atoms with Crippen LogP contribution in [0.1, 0.15) is 56.9 Å². The number of hydrogen-bond acceptors (Lipinski definition) is 1. The topological polar surface area (TPSA) is 17.1 Å². The van der Waals surface area contributed by atoms with Crippen molar-refractivity contribution in [1.29, 1.82) is 0 Å². The van der Waals surface area contributed by atoms with Gasteiger partial charge in [-0.25, -0.2) is 0 Å². The monoisotopic (exact) mass is 230 g/mol. The molecule has 0 saturated heterocycles. The molecule has 1 fully saturated rings. The van der Waals surface area contributed by atoms with E-state index in [1.165, 1.54) is 37.7 Å². The molecule has 2 rings (SSSR count). The molecule has 1 nitrogen and oxygen atoms in total. The fourth-order valence-electron chi connectivity index (χ4n) is 3.10. The van der Waals surface area contributed by atoms with Gasteiger partial charge in [-0.15, -0.1) is 0 Å². The maximum Gasteiger partial charge on any atom is 0.130 e. The molecule has 0 radical (unpaired) electrons. The van der Waals surface area contributed by atoms with Crippen molar-refractivity contribution in [2.45, 2.75) is 51.4 Å². The van der Waals surface area contributed by atoms with Crippen LogP contribution >= 0.6 is 0 Å². The Morgan fingerprint density at radius 1 is 1.18 bits per heavy atom. The zero-order valence-electron chi connectivity index (χ0n) is 10.7. The molecule has 17 heavy (non-hydrogen) atoms. The van der Waals surface area contributed by atoms with E-state index in [4.69, 9.17) is 0 Å². The van der Waals surface area contributed by atoms with Crippen LogP contribution in [0.4, 0.5) is 0 Å². The van der Waals surface area contributed by atoms with Crippen molar-refractivity contribution in [3.63, 3.8) is 0 Å². The molecule has 0 amide bonds. The maximum absolute atomic E-state index is 11.5. The molecule has 1 atom stereocenters.